The van der Waals surface area contributed by atoms with Crippen molar-refractivity contribution >= 4 is 11.8 Å². The van der Waals surface area contributed by atoms with E-state index in [2.05, 4.69) is 33.0 Å². The van der Waals surface area contributed by atoms with Crippen molar-refractivity contribution in [3.05, 3.63) is 54.1 Å². The lowest BCUT2D eigenvalue weighted by molar-refractivity contribution is -0.670. The first-order chi connectivity index (χ1) is 12.9. The summed E-state index contributed by atoms with van der Waals surface area (Å²) in [5.41, 5.74) is 2.23. The molecule has 1 aromatic heterocycles. The summed E-state index contributed by atoms with van der Waals surface area (Å²) in [7, 11) is 0. The molecule has 2 heterocycles. The zero-order chi connectivity index (χ0) is 17.6. The van der Waals surface area contributed by atoms with Crippen molar-refractivity contribution in [2.24, 2.45) is 0 Å². The van der Waals surface area contributed by atoms with E-state index < -0.39 is 0 Å². The van der Waals surface area contributed by atoms with Crippen LogP contribution in [-0.2, 0) is 6.54 Å². The molecule has 3 aromatic rings. The van der Waals surface area contributed by atoms with Gasteiger partial charge in [-0.25, -0.2) is 0 Å². The Morgan fingerprint density at radius 2 is 1.96 bits per heavy atom. The van der Waals surface area contributed by atoms with E-state index in [1.807, 2.05) is 36.4 Å². The molecule has 4 rings (SSSR count). The lowest BCUT2D eigenvalue weighted by atomic mass is 10.2. The highest BCUT2D eigenvalue weighted by molar-refractivity contribution is 7.99. The number of tetrazole rings is 1. The van der Waals surface area contributed by atoms with Crippen LogP contribution in [0.4, 0.5) is 0 Å². The normalized spacial score (nSPS) is 12.5. The van der Waals surface area contributed by atoms with Crippen LogP contribution in [0.1, 0.15) is 12.0 Å². The minimum Gasteiger partial charge on any atom is -0.454 e. The molecule has 1 aliphatic heterocycles. The quantitative estimate of drug-likeness (QED) is 0.480. The van der Waals surface area contributed by atoms with E-state index in [0.717, 1.165) is 47.6 Å². The monoisotopic (exact) mass is 370 g/mol. The van der Waals surface area contributed by atoms with Crippen LogP contribution in [0, 0.1) is 0 Å². The summed E-state index contributed by atoms with van der Waals surface area (Å²) < 4.78 is 12.5. The summed E-state index contributed by atoms with van der Waals surface area (Å²) in [5, 5.41) is 15.1. The number of quaternary nitrogens is 1. The Balaban J connectivity index is 1.20. The van der Waals surface area contributed by atoms with Gasteiger partial charge in [0.15, 0.2) is 11.5 Å². The number of nitrogens with zero attached hydrogens (tertiary/aromatic N) is 4. The molecule has 0 atom stereocenters. The molecule has 0 bridgehead atoms. The zero-order valence-electron chi connectivity index (χ0n) is 14.2. The first-order valence-corrected chi connectivity index (χ1v) is 9.55. The SMILES string of the molecule is c1ccc(-n2nnnc2SCCC[NH2+]Cc2ccc3c(c2)OCO3)cc1. The molecule has 0 fully saturated rings. The molecule has 0 aliphatic carbocycles. The van der Waals surface area contributed by atoms with Gasteiger partial charge in [-0.2, -0.15) is 4.68 Å². The number of benzene rings is 2. The molecule has 0 amide bonds. The van der Waals surface area contributed by atoms with E-state index in [1.54, 1.807) is 16.4 Å². The Hall–Kier alpha value is -2.58. The van der Waals surface area contributed by atoms with Crippen molar-refractivity contribution < 1.29 is 14.8 Å². The van der Waals surface area contributed by atoms with Gasteiger partial charge in [-0.15, -0.1) is 5.10 Å². The van der Waals surface area contributed by atoms with Gasteiger partial charge in [-0.3, -0.25) is 0 Å². The summed E-state index contributed by atoms with van der Waals surface area (Å²) in [4.78, 5) is 0. The second kappa shape index (κ2) is 8.20. The van der Waals surface area contributed by atoms with Gasteiger partial charge in [0.25, 0.3) is 0 Å². The summed E-state index contributed by atoms with van der Waals surface area (Å²) in [5.74, 6) is 2.66. The Bertz CT molecular complexity index is 856. The Kier molecular flexibility index (Phi) is 5.32. The highest BCUT2D eigenvalue weighted by atomic mass is 32.2. The summed E-state index contributed by atoms with van der Waals surface area (Å²) >= 11 is 1.68. The third-order valence-corrected chi connectivity index (χ3v) is 5.05. The van der Waals surface area contributed by atoms with Gasteiger partial charge in [-0.1, -0.05) is 30.0 Å². The molecule has 2 N–H and O–H groups in total. The Labute approximate surface area is 155 Å². The van der Waals surface area contributed by atoms with Crippen molar-refractivity contribution in [3.8, 4) is 17.2 Å². The number of aromatic nitrogens is 4. The van der Waals surface area contributed by atoms with Gasteiger partial charge < -0.3 is 14.8 Å². The smallest absolute Gasteiger partial charge is 0.231 e. The predicted octanol–water partition coefficient (Wildman–Crippen LogP) is 1.64. The van der Waals surface area contributed by atoms with E-state index in [1.165, 1.54) is 5.56 Å². The van der Waals surface area contributed by atoms with Crippen LogP contribution in [0.3, 0.4) is 0 Å². The van der Waals surface area contributed by atoms with E-state index >= 15 is 0 Å². The average molecular weight is 370 g/mol. The van der Waals surface area contributed by atoms with Crippen LogP contribution in [-0.4, -0.2) is 39.3 Å². The van der Waals surface area contributed by atoms with Gasteiger partial charge in [-0.05, 0) is 40.8 Å². The Morgan fingerprint density at radius 1 is 1.08 bits per heavy atom. The second-order valence-corrected chi connectivity index (χ2v) is 6.94. The van der Waals surface area contributed by atoms with Crippen molar-refractivity contribution in [2.45, 2.75) is 18.1 Å². The van der Waals surface area contributed by atoms with Crippen LogP contribution < -0.4 is 14.8 Å². The minimum atomic E-state index is 0.322. The molecule has 0 spiro atoms. The zero-order valence-corrected chi connectivity index (χ0v) is 15.1. The molecule has 0 saturated heterocycles. The lowest BCUT2D eigenvalue weighted by Gasteiger charge is -2.05. The largest absolute Gasteiger partial charge is 0.454 e. The number of nitrogens with two attached hydrogens (primary N) is 1. The van der Waals surface area contributed by atoms with E-state index in [4.69, 9.17) is 9.47 Å². The highest BCUT2D eigenvalue weighted by Gasteiger charge is 2.13. The van der Waals surface area contributed by atoms with Crippen molar-refractivity contribution in [1.29, 1.82) is 0 Å². The molecule has 8 heteroatoms. The number of hydrogen-bond acceptors (Lipinski definition) is 6. The molecular formula is C18H20N5O2S+. The molecule has 0 saturated carbocycles. The van der Waals surface area contributed by atoms with Crippen LogP contribution >= 0.6 is 11.8 Å². The molecule has 0 radical (unpaired) electrons. The third kappa shape index (κ3) is 3.97. The standard InChI is InChI=1S/C18H19N5O2S/c1-2-5-15(6-3-1)23-18(20-21-22-23)26-10-4-9-19-12-14-7-8-16-17(11-14)25-13-24-16/h1-3,5-8,11,19H,4,9-10,12-13H2/p+1. The van der Waals surface area contributed by atoms with Crippen LogP contribution in [0.25, 0.3) is 5.69 Å². The predicted molar refractivity (Wildman–Crippen MR) is 97.6 cm³/mol. The number of hydrogen-bond donors (Lipinski definition) is 1. The van der Waals surface area contributed by atoms with Gasteiger partial charge in [0.05, 0.1) is 12.2 Å². The molecule has 7 nitrogen and oxygen atoms in total. The molecule has 2 aromatic carbocycles. The molecule has 1 aliphatic rings. The number of ether oxygens (including phenoxy) is 2. The van der Waals surface area contributed by atoms with Gasteiger partial charge in [0.2, 0.25) is 11.9 Å². The van der Waals surface area contributed by atoms with Crippen LogP contribution in [0.5, 0.6) is 11.5 Å². The van der Waals surface area contributed by atoms with Crippen molar-refractivity contribution in [2.75, 3.05) is 19.1 Å². The van der Waals surface area contributed by atoms with Gasteiger partial charge in [0.1, 0.15) is 6.54 Å². The maximum Gasteiger partial charge on any atom is 0.231 e. The van der Waals surface area contributed by atoms with Crippen LogP contribution in [0.2, 0.25) is 0 Å². The van der Waals surface area contributed by atoms with E-state index in [-0.39, 0.29) is 0 Å². The second-order valence-electron chi connectivity index (χ2n) is 5.88. The topological polar surface area (TPSA) is 78.7 Å². The van der Waals surface area contributed by atoms with Gasteiger partial charge >= 0.3 is 0 Å². The first-order valence-electron chi connectivity index (χ1n) is 8.57. The van der Waals surface area contributed by atoms with Crippen LogP contribution in [0.15, 0.2) is 53.7 Å². The fraction of sp³-hybridized carbons (Fsp3) is 0.278. The first kappa shape index (κ1) is 16.9. The fourth-order valence-corrected chi connectivity index (χ4v) is 3.58. The summed E-state index contributed by atoms with van der Waals surface area (Å²) in [6.07, 6.45) is 1.08. The fourth-order valence-electron chi connectivity index (χ4n) is 2.73. The van der Waals surface area contributed by atoms with Crippen molar-refractivity contribution in [1.82, 2.24) is 20.2 Å². The maximum absolute atomic E-state index is 5.41. The summed E-state index contributed by atoms with van der Waals surface area (Å²) in [6.45, 7) is 2.31. The lowest BCUT2D eigenvalue weighted by Crippen LogP contribution is -2.82. The number of thioether (sulfide) groups is 1. The van der Waals surface area contributed by atoms with E-state index in [9.17, 15) is 0 Å². The number of rotatable bonds is 8. The third-order valence-electron chi connectivity index (χ3n) is 4.04. The molecule has 26 heavy (non-hydrogen) atoms. The minimum absolute atomic E-state index is 0.322. The average Bonchev–Trinajstić information content (AvgIpc) is 3.34. The molecular weight excluding hydrogens is 350 g/mol. The van der Waals surface area contributed by atoms with Crippen molar-refractivity contribution in [3.63, 3.8) is 0 Å². The van der Waals surface area contributed by atoms with E-state index in [0.29, 0.717) is 6.79 Å². The molecule has 0 unspecified atom stereocenters. The number of para-hydroxylation sites is 1. The van der Waals surface area contributed by atoms with Gasteiger partial charge in [0, 0.05) is 17.7 Å². The summed E-state index contributed by atoms with van der Waals surface area (Å²) in [6, 6.07) is 16.1. The molecule has 134 valence electrons. The highest BCUT2D eigenvalue weighted by Crippen LogP contribution is 2.32. The maximum atomic E-state index is 5.41. The number of fused-ring (bicyclic) bond motifs is 1. The Morgan fingerprint density at radius 3 is 2.88 bits per heavy atom.